The van der Waals surface area contributed by atoms with E-state index >= 15 is 0 Å². The summed E-state index contributed by atoms with van der Waals surface area (Å²) in [5.74, 6) is 0. The van der Waals surface area contributed by atoms with Crippen molar-refractivity contribution in [3.05, 3.63) is 0 Å². The van der Waals surface area contributed by atoms with Crippen LogP contribution in [0.4, 0.5) is 0 Å². The van der Waals surface area contributed by atoms with Crippen molar-refractivity contribution in [1.82, 2.24) is 0 Å². The summed E-state index contributed by atoms with van der Waals surface area (Å²) in [6.07, 6.45) is 5.63. The van der Waals surface area contributed by atoms with Crippen molar-refractivity contribution in [2.75, 3.05) is 0 Å². The quantitative estimate of drug-likeness (QED) is 0.443. The van der Waals surface area contributed by atoms with Gasteiger partial charge in [-0.15, -0.1) is 30.6 Å². The van der Waals surface area contributed by atoms with Crippen LogP contribution in [0.2, 0.25) is 23.4 Å². The molecule has 0 saturated carbocycles. The summed E-state index contributed by atoms with van der Waals surface area (Å²) in [6.45, 7) is 2.86. The van der Waals surface area contributed by atoms with Gasteiger partial charge in [-0.2, -0.15) is 0 Å². The molecule has 4 heteroatoms. The van der Waals surface area contributed by atoms with Crippen LogP contribution in [-0.2, 0) is 0 Å². The van der Waals surface area contributed by atoms with Crippen molar-refractivity contribution in [3.63, 3.8) is 0 Å². The Morgan fingerprint density at radius 1 is 0.857 bits per heavy atom. The van der Waals surface area contributed by atoms with Gasteiger partial charge >= 0.3 is 0 Å². The van der Waals surface area contributed by atoms with E-state index in [2.05, 4.69) is 44.4 Å². The van der Waals surface area contributed by atoms with Crippen LogP contribution in [0.5, 0.6) is 0 Å². The van der Waals surface area contributed by atoms with Crippen LogP contribution in [0.25, 0.3) is 0 Å². The summed E-state index contributed by atoms with van der Waals surface area (Å²) in [5, 5.41) is 0. The summed E-state index contributed by atoms with van der Waals surface area (Å²) >= 11 is 8.16. The fourth-order valence-electron chi connectivity index (χ4n) is 2.42. The molecule has 0 aromatic rings. The molecule has 1 aliphatic rings. The molecule has 0 spiro atoms. The summed E-state index contributed by atoms with van der Waals surface area (Å²) in [5.41, 5.74) is 3.19. The molecule has 14 heavy (non-hydrogen) atoms. The van der Waals surface area contributed by atoms with Crippen LogP contribution in [0.1, 0.15) is 39.5 Å². The maximum absolute atomic E-state index is 4.08. The zero-order valence-electron chi connectivity index (χ0n) is 9.41. The van der Waals surface area contributed by atoms with Gasteiger partial charge in [0.1, 0.15) is 13.4 Å². The van der Waals surface area contributed by atoms with Crippen molar-refractivity contribution in [3.8, 4) is 0 Å². The molecule has 0 atom stereocenters. The first-order valence-electron chi connectivity index (χ1n) is 5.91. The van der Waals surface area contributed by atoms with E-state index in [1.165, 1.54) is 37.8 Å². The zero-order chi connectivity index (χ0) is 10.7. The smallest absolute Gasteiger partial charge is 0.126 e. The fourth-order valence-corrected chi connectivity index (χ4v) is 43.7. The highest BCUT2D eigenvalue weighted by Gasteiger charge is 2.54. The fraction of sp³-hybridized carbons (Fsp3) is 1.00. The van der Waals surface area contributed by atoms with Crippen molar-refractivity contribution >= 4 is 44.0 Å². The van der Waals surface area contributed by atoms with Crippen molar-refractivity contribution < 1.29 is 0 Å². The molecule has 0 aromatic heterocycles. The Balaban J connectivity index is 2.25. The molecule has 0 amide bonds. The lowest BCUT2D eigenvalue weighted by atomic mass is 10.4. The maximum atomic E-state index is 4.08. The number of halogens is 2. The van der Waals surface area contributed by atoms with E-state index in [1.54, 1.807) is 11.3 Å². The topological polar surface area (TPSA) is 0 Å². The minimum absolute atomic E-state index is 0.876. The van der Waals surface area contributed by atoms with Gasteiger partial charge < -0.3 is 0 Å². The van der Waals surface area contributed by atoms with Gasteiger partial charge in [0.15, 0.2) is 0 Å². The number of unbranched alkanes of at least 4 members (excludes halogenated alkanes) is 2. The maximum Gasteiger partial charge on any atom is 0.126 e. The Morgan fingerprint density at radius 2 is 1.21 bits per heavy atom. The summed E-state index contributed by atoms with van der Waals surface area (Å²) < 4.78 is 0. The molecule has 1 heterocycles. The summed E-state index contributed by atoms with van der Waals surface area (Å²) in [7, 11) is 0. The molecule has 0 N–H and O–H groups in total. The van der Waals surface area contributed by atoms with Crippen molar-refractivity contribution in [1.29, 1.82) is 0 Å². The molecule has 1 aliphatic heterocycles. The molecule has 0 aromatic carbocycles. The molecular weight excluding hydrogens is 336 g/mol. The Morgan fingerprint density at radius 3 is 1.50 bits per heavy atom. The standard InChI is InChI=1S/C10H22Br2Si2/c1-3-5-7-13(11)9-14(12,10-13)8-6-4-2/h3-10H2,1-2H3. The number of rotatable bonds is 6. The first-order valence-corrected chi connectivity index (χ1v) is 15.7. The van der Waals surface area contributed by atoms with Crippen LogP contribution in [0, 0.1) is 0 Å². The van der Waals surface area contributed by atoms with E-state index in [4.69, 9.17) is 0 Å². The third-order valence-corrected chi connectivity index (χ3v) is 28.3. The average Bonchev–Trinajstić information content (AvgIpc) is 2.09. The lowest BCUT2D eigenvalue weighted by molar-refractivity contribution is 0.856. The van der Waals surface area contributed by atoms with E-state index in [1.807, 2.05) is 0 Å². The third kappa shape index (κ3) is 3.76. The Hall–Kier alpha value is 1.39. The second kappa shape index (κ2) is 5.64. The largest absolute Gasteiger partial charge is 0.127 e. The van der Waals surface area contributed by atoms with Crippen LogP contribution < -0.4 is 0 Å². The molecule has 1 fully saturated rings. The first kappa shape index (κ1) is 13.5. The molecule has 84 valence electrons. The van der Waals surface area contributed by atoms with Gasteiger partial charge in [0, 0.05) is 0 Å². The molecule has 1 saturated heterocycles. The van der Waals surface area contributed by atoms with E-state index < -0.39 is 13.4 Å². The van der Waals surface area contributed by atoms with Gasteiger partial charge in [0.2, 0.25) is 0 Å². The van der Waals surface area contributed by atoms with E-state index in [0.717, 1.165) is 0 Å². The Bertz CT molecular complexity index is 161. The summed E-state index contributed by atoms with van der Waals surface area (Å²) in [4.78, 5) is 0. The van der Waals surface area contributed by atoms with Crippen molar-refractivity contribution in [2.45, 2.75) is 63.0 Å². The normalized spacial score (nSPS) is 36.9. The minimum Gasteiger partial charge on any atom is -0.127 e. The average molecular weight is 358 g/mol. The number of hydrogen-bond acceptors (Lipinski definition) is 0. The number of hydrogen-bond donors (Lipinski definition) is 0. The zero-order valence-corrected chi connectivity index (χ0v) is 14.6. The predicted molar refractivity (Wildman–Crippen MR) is 78.4 cm³/mol. The van der Waals surface area contributed by atoms with E-state index in [0.29, 0.717) is 0 Å². The predicted octanol–water partition coefficient (Wildman–Crippen LogP) is 5.36. The second-order valence-electron chi connectivity index (χ2n) is 4.86. The molecule has 0 unspecified atom stereocenters. The monoisotopic (exact) mass is 356 g/mol. The SMILES string of the molecule is CCCC[Si]1(Br)C[Si](Br)(CCCC)C1. The van der Waals surface area contributed by atoms with Gasteiger partial charge in [-0.25, -0.2) is 0 Å². The Kier molecular flexibility index (Phi) is 5.42. The third-order valence-electron chi connectivity index (χ3n) is 3.22. The highest BCUT2D eigenvalue weighted by molar-refractivity contribution is 9.29. The highest BCUT2D eigenvalue weighted by atomic mass is 79.9. The van der Waals surface area contributed by atoms with Crippen LogP contribution >= 0.6 is 30.6 Å². The van der Waals surface area contributed by atoms with E-state index in [-0.39, 0.29) is 0 Å². The first-order chi connectivity index (χ1) is 6.54. The highest BCUT2D eigenvalue weighted by Crippen LogP contribution is 2.53. The van der Waals surface area contributed by atoms with Gasteiger partial charge in [-0.05, 0) is 23.4 Å². The molecule has 0 bridgehead atoms. The van der Waals surface area contributed by atoms with Gasteiger partial charge in [-0.3, -0.25) is 0 Å². The Labute approximate surface area is 106 Å². The van der Waals surface area contributed by atoms with Gasteiger partial charge in [0.25, 0.3) is 0 Å². The molecule has 0 nitrogen and oxygen atoms in total. The summed E-state index contributed by atoms with van der Waals surface area (Å²) in [6, 6.07) is 3.05. The van der Waals surface area contributed by atoms with E-state index in [9.17, 15) is 0 Å². The molecule has 0 aliphatic carbocycles. The second-order valence-corrected chi connectivity index (χ2v) is 23.4. The molecule has 0 radical (unpaired) electrons. The van der Waals surface area contributed by atoms with Crippen LogP contribution in [-0.4, -0.2) is 13.4 Å². The molecular formula is C10H22Br2Si2. The minimum atomic E-state index is -0.876. The van der Waals surface area contributed by atoms with Gasteiger partial charge in [-0.1, -0.05) is 39.5 Å². The van der Waals surface area contributed by atoms with Crippen molar-refractivity contribution in [2.24, 2.45) is 0 Å². The van der Waals surface area contributed by atoms with Crippen LogP contribution in [0.15, 0.2) is 0 Å². The van der Waals surface area contributed by atoms with Gasteiger partial charge in [0.05, 0.1) is 0 Å². The lowest BCUT2D eigenvalue weighted by Gasteiger charge is -2.47. The lowest BCUT2D eigenvalue weighted by Crippen LogP contribution is -2.55. The molecule has 1 rings (SSSR count). The van der Waals surface area contributed by atoms with Crippen LogP contribution in [0.3, 0.4) is 0 Å².